The van der Waals surface area contributed by atoms with E-state index < -0.39 is 18.5 Å². The molecule has 2 heterocycles. The zero-order valence-corrected chi connectivity index (χ0v) is 19.1. The summed E-state index contributed by atoms with van der Waals surface area (Å²) in [5.74, 6) is -0.580. The molecule has 2 aromatic carbocycles. The standard InChI is InChI=1S/C22H18Cl3N3O4/c23-14-9-16(25)18(10-15(14)24)27-20(29)11-32-22(31)12-5-6-13-17(8-12)26-19-4-2-1-3-7-28(19)21(13)30/h5-6,8-10H,1-4,7,11H2,(H,27,29). The van der Waals surface area contributed by atoms with Gasteiger partial charge in [0.1, 0.15) is 5.82 Å². The number of benzene rings is 2. The fraction of sp³-hybridized carbons (Fsp3) is 0.273. The molecular weight excluding hydrogens is 477 g/mol. The number of anilines is 1. The number of ether oxygens (including phenoxy) is 1. The highest BCUT2D eigenvalue weighted by Crippen LogP contribution is 2.32. The lowest BCUT2D eigenvalue weighted by Crippen LogP contribution is -2.25. The molecule has 1 aliphatic heterocycles. The molecule has 4 rings (SSSR count). The topological polar surface area (TPSA) is 90.3 Å². The third-order valence-corrected chi connectivity index (χ3v) is 6.21. The highest BCUT2D eigenvalue weighted by Gasteiger charge is 2.17. The SMILES string of the molecule is O=C(COC(=O)c1ccc2c(=O)n3c(nc2c1)CCCCC3)Nc1cc(Cl)c(Cl)cc1Cl. The average Bonchev–Trinajstić information content (AvgIpc) is 3.01. The number of rotatable bonds is 4. The molecule has 0 saturated heterocycles. The molecule has 0 radical (unpaired) electrons. The van der Waals surface area contributed by atoms with E-state index >= 15 is 0 Å². The van der Waals surface area contributed by atoms with Crippen LogP contribution in [0.4, 0.5) is 5.69 Å². The first-order valence-electron chi connectivity index (χ1n) is 9.98. The number of nitrogens with one attached hydrogen (secondary N) is 1. The number of halogens is 3. The van der Waals surface area contributed by atoms with Crippen molar-refractivity contribution >= 4 is 63.3 Å². The molecule has 10 heteroatoms. The van der Waals surface area contributed by atoms with Crippen LogP contribution < -0.4 is 10.9 Å². The monoisotopic (exact) mass is 493 g/mol. The third kappa shape index (κ3) is 4.75. The predicted octanol–water partition coefficient (Wildman–Crippen LogP) is 4.88. The molecule has 0 saturated carbocycles. The van der Waals surface area contributed by atoms with Crippen molar-refractivity contribution in [2.75, 3.05) is 11.9 Å². The van der Waals surface area contributed by atoms with Crippen LogP contribution in [0.1, 0.15) is 35.4 Å². The number of aromatic nitrogens is 2. The second-order valence-electron chi connectivity index (χ2n) is 7.40. The molecule has 0 atom stereocenters. The number of carbonyl (C=O) groups is 2. The second kappa shape index (κ2) is 9.48. The van der Waals surface area contributed by atoms with Crippen LogP contribution in [0, 0.1) is 0 Å². The molecule has 0 fully saturated rings. The maximum atomic E-state index is 12.8. The van der Waals surface area contributed by atoms with Crippen molar-refractivity contribution in [3.63, 3.8) is 0 Å². The van der Waals surface area contributed by atoms with E-state index in [0.29, 0.717) is 17.4 Å². The lowest BCUT2D eigenvalue weighted by Gasteiger charge is -2.11. The molecule has 166 valence electrons. The fourth-order valence-electron chi connectivity index (χ4n) is 3.56. The Morgan fingerprint density at radius 1 is 1.03 bits per heavy atom. The minimum Gasteiger partial charge on any atom is -0.452 e. The van der Waals surface area contributed by atoms with Crippen molar-refractivity contribution in [1.29, 1.82) is 0 Å². The van der Waals surface area contributed by atoms with E-state index in [2.05, 4.69) is 10.3 Å². The van der Waals surface area contributed by atoms with Crippen molar-refractivity contribution in [1.82, 2.24) is 9.55 Å². The molecule has 7 nitrogen and oxygen atoms in total. The number of nitrogens with zero attached hydrogens (tertiary/aromatic N) is 2. The molecule has 32 heavy (non-hydrogen) atoms. The maximum Gasteiger partial charge on any atom is 0.338 e. The van der Waals surface area contributed by atoms with E-state index in [1.165, 1.54) is 24.3 Å². The summed E-state index contributed by atoms with van der Waals surface area (Å²) >= 11 is 17.8. The van der Waals surface area contributed by atoms with Gasteiger partial charge in [-0.05, 0) is 43.2 Å². The van der Waals surface area contributed by atoms with Gasteiger partial charge in [0.05, 0.1) is 37.2 Å². The van der Waals surface area contributed by atoms with Gasteiger partial charge in [-0.1, -0.05) is 41.2 Å². The van der Waals surface area contributed by atoms with Crippen LogP contribution in [0.2, 0.25) is 15.1 Å². The van der Waals surface area contributed by atoms with Crippen molar-refractivity contribution in [2.24, 2.45) is 0 Å². The molecule has 0 bridgehead atoms. The first kappa shape index (κ1) is 22.6. The Morgan fingerprint density at radius 2 is 1.81 bits per heavy atom. The lowest BCUT2D eigenvalue weighted by atomic mass is 10.1. The molecule has 1 aromatic heterocycles. The van der Waals surface area contributed by atoms with Crippen LogP contribution in [-0.2, 0) is 22.5 Å². The van der Waals surface area contributed by atoms with E-state index in [4.69, 9.17) is 39.5 Å². The van der Waals surface area contributed by atoms with Gasteiger partial charge >= 0.3 is 5.97 Å². The molecule has 0 unspecified atom stereocenters. The Labute approximate surface area is 198 Å². The van der Waals surface area contributed by atoms with Gasteiger partial charge in [-0.2, -0.15) is 0 Å². The number of hydrogen-bond donors (Lipinski definition) is 1. The number of amides is 1. The van der Waals surface area contributed by atoms with Crippen molar-refractivity contribution in [2.45, 2.75) is 32.2 Å². The van der Waals surface area contributed by atoms with Crippen LogP contribution in [0.5, 0.6) is 0 Å². The van der Waals surface area contributed by atoms with Crippen LogP contribution in [0.3, 0.4) is 0 Å². The van der Waals surface area contributed by atoms with Gasteiger partial charge in [-0.3, -0.25) is 14.2 Å². The zero-order valence-electron chi connectivity index (χ0n) is 16.8. The quantitative estimate of drug-likeness (QED) is 0.412. The normalized spacial score (nSPS) is 13.3. The number of carbonyl (C=O) groups excluding carboxylic acids is 2. The molecule has 1 aliphatic rings. The van der Waals surface area contributed by atoms with Crippen LogP contribution in [0.25, 0.3) is 10.9 Å². The van der Waals surface area contributed by atoms with E-state index in [1.54, 1.807) is 10.6 Å². The van der Waals surface area contributed by atoms with Crippen molar-refractivity contribution in [3.8, 4) is 0 Å². The summed E-state index contributed by atoms with van der Waals surface area (Å²) in [7, 11) is 0. The van der Waals surface area contributed by atoms with Crippen molar-refractivity contribution < 1.29 is 14.3 Å². The van der Waals surface area contributed by atoms with Crippen LogP contribution in [0.15, 0.2) is 35.1 Å². The lowest BCUT2D eigenvalue weighted by molar-refractivity contribution is -0.119. The molecular formula is C22H18Cl3N3O4. The molecule has 0 aliphatic carbocycles. The maximum absolute atomic E-state index is 12.8. The van der Waals surface area contributed by atoms with Crippen molar-refractivity contribution in [3.05, 3.63) is 67.1 Å². The fourth-order valence-corrected chi connectivity index (χ4v) is 4.16. The molecule has 1 N–H and O–H groups in total. The number of aryl methyl sites for hydroxylation is 1. The summed E-state index contributed by atoms with van der Waals surface area (Å²) in [6.07, 6.45) is 3.68. The molecule has 3 aromatic rings. The average molecular weight is 495 g/mol. The minimum atomic E-state index is -0.709. The zero-order chi connectivity index (χ0) is 22.8. The Balaban J connectivity index is 1.47. The Bertz CT molecular complexity index is 1290. The molecule has 1 amide bonds. The summed E-state index contributed by atoms with van der Waals surface area (Å²) < 4.78 is 6.82. The van der Waals surface area contributed by atoms with Gasteiger partial charge < -0.3 is 10.1 Å². The van der Waals surface area contributed by atoms with E-state index in [0.717, 1.165) is 31.5 Å². The van der Waals surface area contributed by atoms with E-state index in [-0.39, 0.29) is 31.9 Å². The molecule has 0 spiro atoms. The summed E-state index contributed by atoms with van der Waals surface area (Å²) in [5, 5.41) is 3.63. The summed E-state index contributed by atoms with van der Waals surface area (Å²) in [6.45, 7) is 0.118. The largest absolute Gasteiger partial charge is 0.452 e. The first-order chi connectivity index (χ1) is 15.3. The van der Waals surface area contributed by atoms with Gasteiger partial charge in [0.25, 0.3) is 11.5 Å². The van der Waals surface area contributed by atoms with Gasteiger partial charge in [0.2, 0.25) is 0 Å². The van der Waals surface area contributed by atoms with E-state index in [1.807, 2.05) is 0 Å². The Morgan fingerprint density at radius 3 is 2.62 bits per heavy atom. The van der Waals surface area contributed by atoms with E-state index in [9.17, 15) is 14.4 Å². The smallest absolute Gasteiger partial charge is 0.338 e. The number of fused-ring (bicyclic) bond motifs is 2. The number of esters is 1. The number of hydrogen-bond acceptors (Lipinski definition) is 5. The first-order valence-corrected chi connectivity index (χ1v) is 11.1. The van der Waals surface area contributed by atoms with Crippen LogP contribution in [-0.4, -0.2) is 28.0 Å². The Hall–Kier alpha value is -2.61. The highest BCUT2D eigenvalue weighted by molar-refractivity contribution is 6.44. The minimum absolute atomic E-state index is 0.107. The third-order valence-electron chi connectivity index (χ3n) is 5.17. The van der Waals surface area contributed by atoms with Gasteiger partial charge in [-0.15, -0.1) is 0 Å². The van der Waals surface area contributed by atoms with Crippen LogP contribution >= 0.6 is 34.8 Å². The van der Waals surface area contributed by atoms with Gasteiger partial charge in [0.15, 0.2) is 6.61 Å². The predicted molar refractivity (Wildman–Crippen MR) is 124 cm³/mol. The van der Waals surface area contributed by atoms with Gasteiger partial charge in [0, 0.05) is 13.0 Å². The Kier molecular flexibility index (Phi) is 6.69. The van der Waals surface area contributed by atoms with Gasteiger partial charge in [-0.25, -0.2) is 9.78 Å². The second-order valence-corrected chi connectivity index (χ2v) is 8.62. The summed E-state index contributed by atoms with van der Waals surface area (Å²) in [4.78, 5) is 42.0. The summed E-state index contributed by atoms with van der Waals surface area (Å²) in [6, 6.07) is 7.37. The highest BCUT2D eigenvalue weighted by atomic mass is 35.5. The summed E-state index contributed by atoms with van der Waals surface area (Å²) in [5.41, 5.74) is 0.774.